The molecule has 1 heterocycles. The molecule has 1 fully saturated rings. The van der Waals surface area contributed by atoms with Gasteiger partial charge in [-0.1, -0.05) is 26.0 Å². The van der Waals surface area contributed by atoms with Crippen LogP contribution in [-0.4, -0.2) is 30.4 Å². The van der Waals surface area contributed by atoms with E-state index in [0.717, 1.165) is 48.5 Å². The fourth-order valence-corrected chi connectivity index (χ4v) is 3.82. The van der Waals surface area contributed by atoms with E-state index in [0.29, 0.717) is 12.0 Å². The number of hydrogen-bond acceptors (Lipinski definition) is 3. The normalized spacial score (nSPS) is 19.0. The van der Waals surface area contributed by atoms with Gasteiger partial charge >= 0.3 is 0 Å². The summed E-state index contributed by atoms with van der Waals surface area (Å²) < 4.78 is 5.67. The summed E-state index contributed by atoms with van der Waals surface area (Å²) in [6, 6.07) is 8.09. The number of benzene rings is 1. The lowest BCUT2D eigenvalue weighted by molar-refractivity contribution is 0.0934. The van der Waals surface area contributed by atoms with E-state index in [1.165, 1.54) is 0 Å². The lowest BCUT2D eigenvalue weighted by atomic mass is 10.0. The highest BCUT2D eigenvalue weighted by Gasteiger charge is 2.18. The maximum atomic E-state index is 12.6. The zero-order chi connectivity index (χ0) is 16.7. The van der Waals surface area contributed by atoms with E-state index in [1.807, 2.05) is 24.3 Å². The quantitative estimate of drug-likeness (QED) is 0.710. The Morgan fingerprint density at radius 3 is 2.78 bits per heavy atom. The van der Waals surface area contributed by atoms with E-state index in [-0.39, 0.29) is 11.9 Å². The van der Waals surface area contributed by atoms with Crippen molar-refractivity contribution in [2.24, 2.45) is 5.92 Å². The smallest absolute Gasteiger partial charge is 0.252 e. The minimum absolute atomic E-state index is 0.0386. The third-order valence-electron chi connectivity index (χ3n) is 4.13. The summed E-state index contributed by atoms with van der Waals surface area (Å²) in [5.41, 5.74) is 0.784. The second-order valence-electron chi connectivity index (χ2n) is 6.79. The SMILES string of the molecule is CC(C)CCC(C)NC(=O)c1ccccc1SCC1CCCO1. The van der Waals surface area contributed by atoms with E-state index in [9.17, 15) is 4.79 Å². The molecule has 2 atom stereocenters. The molecule has 1 amide bonds. The molecule has 2 rings (SSSR count). The fraction of sp³-hybridized carbons (Fsp3) is 0.632. The molecule has 1 aliphatic rings. The van der Waals surface area contributed by atoms with Gasteiger partial charge in [0.05, 0.1) is 11.7 Å². The second kappa shape index (κ2) is 9.33. The molecule has 0 bridgehead atoms. The van der Waals surface area contributed by atoms with Crippen LogP contribution in [0.5, 0.6) is 0 Å². The highest BCUT2D eigenvalue weighted by atomic mass is 32.2. The van der Waals surface area contributed by atoms with Gasteiger partial charge in [0.15, 0.2) is 0 Å². The fourth-order valence-electron chi connectivity index (χ4n) is 2.70. The molecule has 1 aromatic rings. The Hall–Kier alpha value is -1.00. The Morgan fingerprint density at radius 2 is 2.09 bits per heavy atom. The van der Waals surface area contributed by atoms with Crippen molar-refractivity contribution < 1.29 is 9.53 Å². The highest BCUT2D eigenvalue weighted by molar-refractivity contribution is 7.99. The number of amides is 1. The van der Waals surface area contributed by atoms with Gasteiger partial charge in [0.1, 0.15) is 0 Å². The lowest BCUT2D eigenvalue weighted by Gasteiger charge is -2.17. The van der Waals surface area contributed by atoms with E-state index < -0.39 is 0 Å². The monoisotopic (exact) mass is 335 g/mol. The third kappa shape index (κ3) is 6.19. The number of thioether (sulfide) groups is 1. The minimum Gasteiger partial charge on any atom is -0.377 e. The largest absolute Gasteiger partial charge is 0.377 e. The molecule has 128 valence electrons. The molecular weight excluding hydrogens is 306 g/mol. The molecular formula is C19H29NO2S. The Balaban J connectivity index is 1.91. The van der Waals surface area contributed by atoms with Crippen molar-refractivity contribution in [1.82, 2.24) is 5.32 Å². The molecule has 0 spiro atoms. The maximum Gasteiger partial charge on any atom is 0.252 e. The van der Waals surface area contributed by atoms with Crippen molar-refractivity contribution in [3.8, 4) is 0 Å². The number of carbonyl (C=O) groups excluding carboxylic acids is 1. The van der Waals surface area contributed by atoms with Crippen LogP contribution in [0, 0.1) is 5.92 Å². The van der Waals surface area contributed by atoms with Crippen molar-refractivity contribution >= 4 is 17.7 Å². The van der Waals surface area contributed by atoms with Crippen LogP contribution in [0.4, 0.5) is 0 Å². The first kappa shape index (κ1) is 18.3. The summed E-state index contributed by atoms with van der Waals surface area (Å²) in [7, 11) is 0. The second-order valence-corrected chi connectivity index (χ2v) is 7.85. The Labute approximate surface area is 144 Å². The highest BCUT2D eigenvalue weighted by Crippen LogP contribution is 2.26. The van der Waals surface area contributed by atoms with Crippen LogP contribution in [-0.2, 0) is 4.74 Å². The molecule has 0 radical (unpaired) electrons. The molecule has 23 heavy (non-hydrogen) atoms. The average molecular weight is 336 g/mol. The van der Waals surface area contributed by atoms with Gasteiger partial charge in [0, 0.05) is 23.3 Å². The first-order valence-electron chi connectivity index (χ1n) is 8.70. The first-order chi connectivity index (χ1) is 11.1. The molecule has 0 saturated carbocycles. The number of nitrogens with one attached hydrogen (secondary N) is 1. The van der Waals surface area contributed by atoms with E-state index in [4.69, 9.17) is 4.74 Å². The number of carbonyl (C=O) groups is 1. The zero-order valence-electron chi connectivity index (χ0n) is 14.5. The van der Waals surface area contributed by atoms with Gasteiger partial charge in [-0.2, -0.15) is 0 Å². The van der Waals surface area contributed by atoms with Gasteiger partial charge in [0.25, 0.3) is 5.91 Å². The van der Waals surface area contributed by atoms with Crippen molar-refractivity contribution in [3.05, 3.63) is 29.8 Å². The summed E-state index contributed by atoms with van der Waals surface area (Å²) in [5, 5.41) is 3.14. The van der Waals surface area contributed by atoms with Crippen LogP contribution < -0.4 is 5.32 Å². The molecule has 2 unspecified atom stereocenters. The van der Waals surface area contributed by atoms with Gasteiger partial charge in [-0.05, 0) is 50.7 Å². The molecule has 0 aliphatic carbocycles. The predicted octanol–water partition coefficient (Wildman–Crippen LogP) is 4.51. The minimum atomic E-state index is 0.0386. The van der Waals surface area contributed by atoms with Crippen LogP contribution >= 0.6 is 11.8 Å². The lowest BCUT2D eigenvalue weighted by Crippen LogP contribution is -2.33. The summed E-state index contributed by atoms with van der Waals surface area (Å²) >= 11 is 1.73. The summed E-state index contributed by atoms with van der Waals surface area (Å²) in [4.78, 5) is 13.6. The van der Waals surface area contributed by atoms with Gasteiger partial charge in [-0.3, -0.25) is 4.79 Å². The molecule has 1 N–H and O–H groups in total. The van der Waals surface area contributed by atoms with E-state index in [2.05, 4.69) is 26.1 Å². The Morgan fingerprint density at radius 1 is 1.30 bits per heavy atom. The first-order valence-corrected chi connectivity index (χ1v) is 9.69. The Kier molecular flexibility index (Phi) is 7.44. The van der Waals surface area contributed by atoms with Gasteiger partial charge in [-0.15, -0.1) is 11.8 Å². The molecule has 1 aromatic carbocycles. The summed E-state index contributed by atoms with van der Waals surface area (Å²) in [6.45, 7) is 7.39. The van der Waals surface area contributed by atoms with Crippen LogP contribution in [0.25, 0.3) is 0 Å². The zero-order valence-corrected chi connectivity index (χ0v) is 15.3. The van der Waals surface area contributed by atoms with Gasteiger partial charge < -0.3 is 10.1 Å². The van der Waals surface area contributed by atoms with Crippen molar-refractivity contribution in [2.75, 3.05) is 12.4 Å². The maximum absolute atomic E-state index is 12.6. The summed E-state index contributed by atoms with van der Waals surface area (Å²) in [5.74, 6) is 1.63. The van der Waals surface area contributed by atoms with Crippen LogP contribution in [0.2, 0.25) is 0 Å². The van der Waals surface area contributed by atoms with Crippen molar-refractivity contribution in [3.63, 3.8) is 0 Å². The third-order valence-corrected chi connectivity index (χ3v) is 5.34. The van der Waals surface area contributed by atoms with E-state index >= 15 is 0 Å². The standard InChI is InChI=1S/C19H29NO2S/c1-14(2)10-11-15(3)20-19(21)17-8-4-5-9-18(17)23-13-16-7-6-12-22-16/h4-5,8-9,14-16H,6-7,10-13H2,1-3H3,(H,20,21). The summed E-state index contributed by atoms with van der Waals surface area (Å²) in [6.07, 6.45) is 4.78. The van der Waals surface area contributed by atoms with Crippen molar-refractivity contribution in [2.45, 2.75) is 63.5 Å². The molecule has 1 aliphatic heterocycles. The van der Waals surface area contributed by atoms with Crippen LogP contribution in [0.1, 0.15) is 56.8 Å². The molecule has 1 saturated heterocycles. The number of hydrogen-bond donors (Lipinski definition) is 1. The topological polar surface area (TPSA) is 38.3 Å². The number of rotatable bonds is 8. The molecule has 4 heteroatoms. The van der Waals surface area contributed by atoms with E-state index in [1.54, 1.807) is 11.8 Å². The van der Waals surface area contributed by atoms with Gasteiger partial charge in [0.2, 0.25) is 0 Å². The van der Waals surface area contributed by atoms with Crippen LogP contribution in [0.3, 0.4) is 0 Å². The number of ether oxygens (including phenoxy) is 1. The molecule has 3 nitrogen and oxygen atoms in total. The van der Waals surface area contributed by atoms with Gasteiger partial charge in [-0.25, -0.2) is 0 Å². The predicted molar refractivity (Wildman–Crippen MR) is 97.1 cm³/mol. The van der Waals surface area contributed by atoms with Crippen LogP contribution in [0.15, 0.2) is 29.2 Å². The average Bonchev–Trinajstić information content (AvgIpc) is 3.04. The Bertz CT molecular complexity index is 498. The molecule has 0 aromatic heterocycles. The van der Waals surface area contributed by atoms with Crippen molar-refractivity contribution in [1.29, 1.82) is 0 Å².